The smallest absolute Gasteiger partial charge is 0.101 e. The number of hydrogen-bond donors (Lipinski definition) is 1. The van der Waals surface area contributed by atoms with Gasteiger partial charge in [0.2, 0.25) is 0 Å². The molecular formula is C11H11BrN2. The molecule has 2 nitrogen and oxygen atoms in total. The van der Waals surface area contributed by atoms with Crippen LogP contribution >= 0.6 is 15.9 Å². The Morgan fingerprint density at radius 3 is 2.93 bits per heavy atom. The third-order valence-electron chi connectivity index (χ3n) is 1.77. The van der Waals surface area contributed by atoms with Crippen molar-refractivity contribution in [2.24, 2.45) is 0 Å². The highest BCUT2D eigenvalue weighted by Gasteiger charge is 2.00. The minimum atomic E-state index is 0.623. The molecule has 72 valence electrons. The summed E-state index contributed by atoms with van der Waals surface area (Å²) in [7, 11) is 0. The number of rotatable bonds is 3. The molecule has 0 amide bonds. The van der Waals surface area contributed by atoms with Crippen LogP contribution in [0.2, 0.25) is 0 Å². The molecule has 14 heavy (non-hydrogen) atoms. The molecule has 0 heterocycles. The van der Waals surface area contributed by atoms with Gasteiger partial charge in [-0.3, -0.25) is 0 Å². The molecule has 0 saturated heterocycles. The maximum Gasteiger partial charge on any atom is 0.101 e. The lowest BCUT2D eigenvalue weighted by atomic mass is 10.1. The standard InChI is InChI=1S/C11H11BrN2/c1-8-3-4-11(10(5-8)6-13)14-7-9(2)12/h3-5,14H,2,7H2,1H3. The summed E-state index contributed by atoms with van der Waals surface area (Å²) in [6.45, 7) is 6.30. The summed E-state index contributed by atoms with van der Waals surface area (Å²) in [6.07, 6.45) is 0. The fraction of sp³-hybridized carbons (Fsp3) is 0.182. The Balaban J connectivity index is 2.87. The van der Waals surface area contributed by atoms with E-state index in [9.17, 15) is 0 Å². The van der Waals surface area contributed by atoms with E-state index in [0.717, 1.165) is 15.7 Å². The molecule has 0 aliphatic carbocycles. The van der Waals surface area contributed by atoms with E-state index >= 15 is 0 Å². The van der Waals surface area contributed by atoms with E-state index in [1.165, 1.54) is 0 Å². The van der Waals surface area contributed by atoms with Crippen molar-refractivity contribution in [3.63, 3.8) is 0 Å². The highest BCUT2D eigenvalue weighted by Crippen LogP contribution is 2.17. The molecule has 0 radical (unpaired) electrons. The number of hydrogen-bond acceptors (Lipinski definition) is 2. The zero-order valence-electron chi connectivity index (χ0n) is 7.97. The zero-order chi connectivity index (χ0) is 10.6. The van der Waals surface area contributed by atoms with Crippen LogP contribution < -0.4 is 5.32 Å². The molecule has 1 aromatic rings. The van der Waals surface area contributed by atoms with E-state index in [1.54, 1.807) is 0 Å². The number of nitrogens with one attached hydrogen (secondary N) is 1. The summed E-state index contributed by atoms with van der Waals surface area (Å²) in [5.74, 6) is 0. The molecule has 3 heteroatoms. The van der Waals surface area contributed by atoms with Crippen LogP contribution in [0, 0.1) is 18.3 Å². The Morgan fingerprint density at radius 1 is 1.64 bits per heavy atom. The van der Waals surface area contributed by atoms with Crippen molar-refractivity contribution >= 4 is 21.6 Å². The Labute approximate surface area is 92.4 Å². The summed E-state index contributed by atoms with van der Waals surface area (Å²) in [4.78, 5) is 0. The first-order chi connectivity index (χ1) is 6.63. The van der Waals surface area contributed by atoms with Crippen molar-refractivity contribution in [3.8, 4) is 6.07 Å². The van der Waals surface area contributed by atoms with Crippen LogP contribution in [0.5, 0.6) is 0 Å². The number of aryl methyl sites for hydroxylation is 1. The number of nitriles is 1. The quantitative estimate of drug-likeness (QED) is 0.895. The van der Waals surface area contributed by atoms with Gasteiger partial charge in [-0.2, -0.15) is 5.26 Å². The third kappa shape index (κ3) is 2.90. The minimum absolute atomic E-state index is 0.623. The Bertz CT molecular complexity index is 391. The first-order valence-electron chi connectivity index (χ1n) is 4.21. The van der Waals surface area contributed by atoms with E-state index in [4.69, 9.17) is 5.26 Å². The molecule has 1 aromatic carbocycles. The molecule has 1 N–H and O–H groups in total. The Morgan fingerprint density at radius 2 is 2.36 bits per heavy atom. The van der Waals surface area contributed by atoms with Gasteiger partial charge in [-0.1, -0.05) is 28.6 Å². The van der Waals surface area contributed by atoms with Crippen LogP contribution in [-0.2, 0) is 0 Å². The fourth-order valence-electron chi connectivity index (χ4n) is 1.10. The van der Waals surface area contributed by atoms with Crippen LogP contribution in [0.25, 0.3) is 0 Å². The lowest BCUT2D eigenvalue weighted by Gasteiger charge is -2.07. The largest absolute Gasteiger partial charge is 0.379 e. The van der Waals surface area contributed by atoms with Crippen molar-refractivity contribution in [1.82, 2.24) is 0 Å². The topological polar surface area (TPSA) is 35.8 Å². The van der Waals surface area contributed by atoms with E-state index in [1.807, 2.05) is 25.1 Å². The molecule has 0 saturated carbocycles. The summed E-state index contributed by atoms with van der Waals surface area (Å²) in [6, 6.07) is 7.89. The van der Waals surface area contributed by atoms with E-state index in [0.29, 0.717) is 12.1 Å². The number of halogens is 1. The predicted octanol–water partition coefficient (Wildman–Crippen LogP) is 3.19. The van der Waals surface area contributed by atoms with Gasteiger partial charge in [0.1, 0.15) is 6.07 Å². The average Bonchev–Trinajstić information content (AvgIpc) is 2.15. The van der Waals surface area contributed by atoms with Gasteiger partial charge in [-0.15, -0.1) is 0 Å². The zero-order valence-corrected chi connectivity index (χ0v) is 9.56. The number of anilines is 1. The van der Waals surface area contributed by atoms with E-state index in [-0.39, 0.29) is 0 Å². The van der Waals surface area contributed by atoms with Gasteiger partial charge in [0.15, 0.2) is 0 Å². The minimum Gasteiger partial charge on any atom is -0.379 e. The van der Waals surface area contributed by atoms with Crippen LogP contribution in [-0.4, -0.2) is 6.54 Å². The SMILES string of the molecule is C=C(Br)CNc1ccc(C)cc1C#N. The van der Waals surface area contributed by atoms with Gasteiger partial charge < -0.3 is 5.32 Å². The molecule has 0 unspecified atom stereocenters. The van der Waals surface area contributed by atoms with Crippen molar-refractivity contribution < 1.29 is 0 Å². The lowest BCUT2D eigenvalue weighted by Crippen LogP contribution is -2.02. The van der Waals surface area contributed by atoms with Crippen molar-refractivity contribution in [2.45, 2.75) is 6.92 Å². The maximum atomic E-state index is 8.88. The molecule has 0 aromatic heterocycles. The van der Waals surface area contributed by atoms with Gasteiger partial charge >= 0.3 is 0 Å². The molecule has 0 bridgehead atoms. The van der Waals surface area contributed by atoms with Gasteiger partial charge in [0.05, 0.1) is 11.3 Å². The fourth-order valence-corrected chi connectivity index (χ4v) is 1.24. The van der Waals surface area contributed by atoms with Crippen LogP contribution in [0.15, 0.2) is 29.3 Å². The van der Waals surface area contributed by atoms with E-state index in [2.05, 4.69) is 33.9 Å². The first kappa shape index (κ1) is 10.8. The highest BCUT2D eigenvalue weighted by atomic mass is 79.9. The molecule has 1 rings (SSSR count). The van der Waals surface area contributed by atoms with Crippen LogP contribution in [0.3, 0.4) is 0 Å². The summed E-state index contributed by atoms with van der Waals surface area (Å²) in [5.41, 5.74) is 2.60. The van der Waals surface area contributed by atoms with Crippen molar-refractivity contribution in [2.75, 3.05) is 11.9 Å². The Hall–Kier alpha value is -1.27. The first-order valence-corrected chi connectivity index (χ1v) is 5.00. The normalized spacial score (nSPS) is 9.21. The molecule has 0 aliphatic rings. The second kappa shape index (κ2) is 4.83. The number of benzene rings is 1. The molecule has 0 atom stereocenters. The van der Waals surface area contributed by atoms with Gasteiger partial charge in [0, 0.05) is 11.0 Å². The molecule has 0 fully saturated rings. The summed E-state index contributed by atoms with van der Waals surface area (Å²) >= 11 is 3.25. The molecule has 0 spiro atoms. The predicted molar refractivity (Wildman–Crippen MR) is 62.5 cm³/mol. The van der Waals surface area contributed by atoms with E-state index < -0.39 is 0 Å². The van der Waals surface area contributed by atoms with Crippen LogP contribution in [0.1, 0.15) is 11.1 Å². The van der Waals surface area contributed by atoms with Crippen molar-refractivity contribution in [1.29, 1.82) is 5.26 Å². The van der Waals surface area contributed by atoms with Gasteiger partial charge in [-0.05, 0) is 24.6 Å². The summed E-state index contributed by atoms with van der Waals surface area (Å²) < 4.78 is 0.863. The third-order valence-corrected chi connectivity index (χ3v) is 2.05. The highest BCUT2D eigenvalue weighted by molar-refractivity contribution is 9.11. The second-order valence-electron chi connectivity index (χ2n) is 3.03. The number of nitrogens with zero attached hydrogens (tertiary/aromatic N) is 1. The second-order valence-corrected chi connectivity index (χ2v) is 4.15. The molecular weight excluding hydrogens is 240 g/mol. The monoisotopic (exact) mass is 250 g/mol. The Kier molecular flexibility index (Phi) is 3.73. The van der Waals surface area contributed by atoms with Gasteiger partial charge in [0.25, 0.3) is 0 Å². The maximum absolute atomic E-state index is 8.88. The average molecular weight is 251 g/mol. The van der Waals surface area contributed by atoms with Crippen LogP contribution in [0.4, 0.5) is 5.69 Å². The molecule has 0 aliphatic heterocycles. The summed E-state index contributed by atoms with van der Waals surface area (Å²) in [5, 5.41) is 12.0. The van der Waals surface area contributed by atoms with Crippen molar-refractivity contribution in [3.05, 3.63) is 40.4 Å². The van der Waals surface area contributed by atoms with Gasteiger partial charge in [-0.25, -0.2) is 0 Å². The lowest BCUT2D eigenvalue weighted by molar-refractivity contribution is 1.30.